The Bertz CT molecular complexity index is 1920. The summed E-state index contributed by atoms with van der Waals surface area (Å²) in [6.07, 6.45) is 12.2. The van der Waals surface area contributed by atoms with Crippen molar-refractivity contribution in [2.75, 3.05) is 37.6 Å². The van der Waals surface area contributed by atoms with E-state index in [1.165, 1.54) is 12.1 Å². The normalized spacial score (nSPS) is 16.7. The van der Waals surface area contributed by atoms with Gasteiger partial charge in [-0.1, -0.05) is 34.5 Å². The van der Waals surface area contributed by atoms with Crippen molar-refractivity contribution < 1.29 is 30.0 Å². The third-order valence-corrected chi connectivity index (χ3v) is 11.1. The number of sulfonamides is 2. The molecule has 0 bridgehead atoms. The standard InChI is InChI=1S/C34H38F3N4O4S2/c1-6-38-31-22-21-29(27-13-11-12-14-28(27)31)33(24-15-17-25(18-16-24)40(7-2)8-3)30-20-19-26(41(9-4)10-5)23-32(30)46(42,43)39-47(44,45)34(35,36)37/h11-17,19-23,39H,6-10H2,1-5H3/q+1. The first-order valence-corrected chi connectivity index (χ1v) is 18.3. The second kappa shape index (κ2) is 14.4. The maximum Gasteiger partial charge on any atom is 0.512 e. The minimum absolute atomic E-state index is 0.0140. The first kappa shape index (κ1) is 35.8. The molecule has 0 amide bonds. The molecule has 13 heteroatoms. The fourth-order valence-electron chi connectivity index (χ4n) is 5.56. The molecule has 0 unspecified atom stereocenters. The Balaban J connectivity index is 2.12. The van der Waals surface area contributed by atoms with Gasteiger partial charge in [-0.05, 0) is 64.5 Å². The Kier molecular flexibility index (Phi) is 11.0. The van der Waals surface area contributed by atoms with Gasteiger partial charge in [-0.2, -0.15) is 13.2 Å². The van der Waals surface area contributed by atoms with Crippen LogP contribution in [-0.4, -0.2) is 65.7 Å². The molecule has 2 aliphatic rings. The van der Waals surface area contributed by atoms with E-state index in [9.17, 15) is 30.0 Å². The molecular weight excluding hydrogens is 650 g/mol. The number of allylic oxidation sites excluding steroid dienone is 9. The molecule has 1 N–H and O–H groups in total. The lowest BCUT2D eigenvalue weighted by atomic mass is 9.82. The van der Waals surface area contributed by atoms with Gasteiger partial charge in [-0.3, -0.25) is 4.99 Å². The fraction of sp³-hybridized carbons (Fsp3) is 0.324. The van der Waals surface area contributed by atoms with Gasteiger partial charge < -0.3 is 9.80 Å². The molecule has 0 radical (unpaired) electrons. The Morgan fingerprint density at radius 1 is 0.830 bits per heavy atom. The monoisotopic (exact) mass is 687 g/mol. The van der Waals surface area contributed by atoms with Gasteiger partial charge in [0.05, 0.1) is 40.0 Å². The lowest BCUT2D eigenvalue weighted by Crippen LogP contribution is -2.40. The predicted molar refractivity (Wildman–Crippen MR) is 182 cm³/mol. The van der Waals surface area contributed by atoms with Crippen molar-refractivity contribution in [2.24, 2.45) is 4.99 Å². The highest BCUT2D eigenvalue weighted by atomic mass is 32.3. The SMILES string of the molecule is CCN=C1C=CC(=C(C2=C[C+]=C(N(CC)CC)C=C2)c2ccc(N(CC)CC)cc2S(=O)(=O)NS(=O)(=O)C(F)(F)F)c2ccccc21. The highest BCUT2D eigenvalue weighted by Gasteiger charge is 2.49. The zero-order chi connectivity index (χ0) is 34.6. The van der Waals surface area contributed by atoms with Gasteiger partial charge in [-0.25, -0.2) is 16.8 Å². The van der Waals surface area contributed by atoms with Crippen molar-refractivity contribution in [1.29, 1.82) is 0 Å². The molecule has 250 valence electrons. The van der Waals surface area contributed by atoms with Crippen LogP contribution >= 0.6 is 0 Å². The fourth-order valence-corrected chi connectivity index (χ4v) is 8.19. The predicted octanol–water partition coefficient (Wildman–Crippen LogP) is 6.48. The number of anilines is 1. The molecule has 2 aliphatic carbocycles. The van der Waals surface area contributed by atoms with Crippen LogP contribution in [0.4, 0.5) is 18.9 Å². The molecule has 0 saturated heterocycles. The third kappa shape index (κ3) is 7.43. The van der Waals surface area contributed by atoms with Crippen LogP contribution in [0.2, 0.25) is 0 Å². The molecule has 0 heterocycles. The van der Waals surface area contributed by atoms with E-state index in [1.807, 2.05) is 69.9 Å². The summed E-state index contributed by atoms with van der Waals surface area (Å²) >= 11 is 0. The van der Waals surface area contributed by atoms with E-state index in [1.54, 1.807) is 30.4 Å². The van der Waals surface area contributed by atoms with Gasteiger partial charge in [0.2, 0.25) is 5.70 Å². The van der Waals surface area contributed by atoms with Crippen LogP contribution in [0.3, 0.4) is 0 Å². The molecule has 8 nitrogen and oxygen atoms in total. The average Bonchev–Trinajstić information content (AvgIpc) is 3.03. The smallest absolute Gasteiger partial charge is 0.372 e. The molecule has 0 fully saturated rings. The van der Waals surface area contributed by atoms with Crippen LogP contribution in [0.5, 0.6) is 0 Å². The molecule has 4 rings (SSSR count). The highest BCUT2D eigenvalue weighted by Crippen LogP contribution is 2.42. The molecule has 0 spiro atoms. The van der Waals surface area contributed by atoms with E-state index >= 15 is 0 Å². The summed E-state index contributed by atoms with van der Waals surface area (Å²) < 4.78 is 93.3. The number of likely N-dealkylation sites (N-methyl/N-ethyl adjacent to an activating group) is 1. The van der Waals surface area contributed by atoms with Crippen molar-refractivity contribution in [3.8, 4) is 0 Å². The quantitative estimate of drug-likeness (QED) is 0.257. The number of aliphatic imine (C=N–C) groups is 1. The number of hydrogen-bond donors (Lipinski definition) is 1. The van der Waals surface area contributed by atoms with Crippen LogP contribution in [-0.2, 0) is 20.0 Å². The van der Waals surface area contributed by atoms with Gasteiger partial charge in [0, 0.05) is 55.1 Å². The zero-order valence-corrected chi connectivity index (χ0v) is 28.5. The summed E-state index contributed by atoms with van der Waals surface area (Å²) in [6.45, 7) is 12.5. The average molecular weight is 688 g/mol. The molecule has 0 saturated carbocycles. The molecule has 2 aromatic rings. The summed E-state index contributed by atoms with van der Waals surface area (Å²) in [4.78, 5) is 7.87. The number of benzene rings is 2. The molecule has 2 aromatic carbocycles. The minimum Gasteiger partial charge on any atom is -0.372 e. The number of nitrogens with zero attached hydrogens (tertiary/aromatic N) is 3. The van der Waals surface area contributed by atoms with Gasteiger partial charge in [0.1, 0.15) is 6.08 Å². The van der Waals surface area contributed by atoms with Crippen LogP contribution in [0.1, 0.15) is 51.3 Å². The maximum atomic E-state index is 13.8. The van der Waals surface area contributed by atoms with Crippen molar-refractivity contribution in [1.82, 2.24) is 9.03 Å². The van der Waals surface area contributed by atoms with Crippen LogP contribution in [0.15, 0.2) is 94.0 Å². The summed E-state index contributed by atoms with van der Waals surface area (Å²) in [5.41, 5.74) is -0.946. The lowest BCUT2D eigenvalue weighted by Gasteiger charge is -2.25. The van der Waals surface area contributed by atoms with Crippen LogP contribution < -0.4 is 9.03 Å². The van der Waals surface area contributed by atoms with Gasteiger partial charge >= 0.3 is 15.5 Å². The summed E-state index contributed by atoms with van der Waals surface area (Å²) in [6, 6.07) is 11.8. The molecule has 0 atom stereocenters. The van der Waals surface area contributed by atoms with Gasteiger partial charge in [0.15, 0.2) is 0 Å². The van der Waals surface area contributed by atoms with Crippen LogP contribution in [0, 0.1) is 6.08 Å². The number of halogens is 3. The van der Waals surface area contributed by atoms with Crippen molar-refractivity contribution in [3.05, 3.63) is 107 Å². The highest BCUT2D eigenvalue weighted by molar-refractivity contribution is 8.05. The van der Waals surface area contributed by atoms with Gasteiger partial charge in [0.25, 0.3) is 10.0 Å². The summed E-state index contributed by atoms with van der Waals surface area (Å²) in [5.74, 6) is 0. The second-order valence-electron chi connectivity index (χ2n) is 10.6. The number of rotatable bonds is 12. The summed E-state index contributed by atoms with van der Waals surface area (Å²) in [7, 11) is -11.6. The topological polar surface area (TPSA) is 99.1 Å². The molecular formula is C34H38F3N4O4S2+. The van der Waals surface area contributed by atoms with E-state index < -0.39 is 30.5 Å². The zero-order valence-electron chi connectivity index (χ0n) is 26.9. The largest absolute Gasteiger partial charge is 0.512 e. The molecule has 47 heavy (non-hydrogen) atoms. The number of alkyl halides is 3. The maximum absolute atomic E-state index is 13.8. The minimum atomic E-state index is -6.27. The second-order valence-corrected chi connectivity index (χ2v) is 14.1. The summed E-state index contributed by atoms with van der Waals surface area (Å²) in [5, 5.41) is 0. The van der Waals surface area contributed by atoms with E-state index in [0.29, 0.717) is 42.0 Å². The Hall–Kier alpha value is -4.03. The Morgan fingerprint density at radius 2 is 1.47 bits per heavy atom. The number of hydrogen-bond acceptors (Lipinski definition) is 7. The number of fused-ring (bicyclic) bond motifs is 1. The van der Waals surface area contributed by atoms with Crippen molar-refractivity contribution >= 4 is 42.6 Å². The van der Waals surface area contributed by atoms with Crippen LogP contribution in [0.25, 0.3) is 11.1 Å². The van der Waals surface area contributed by atoms with E-state index in [-0.39, 0.29) is 5.56 Å². The van der Waals surface area contributed by atoms with E-state index in [4.69, 9.17) is 0 Å². The van der Waals surface area contributed by atoms with E-state index in [2.05, 4.69) is 16.0 Å². The first-order valence-electron chi connectivity index (χ1n) is 15.3. The Labute approximate surface area is 275 Å². The van der Waals surface area contributed by atoms with E-state index in [0.717, 1.165) is 39.8 Å². The molecule has 0 aliphatic heterocycles. The third-order valence-electron chi connectivity index (χ3n) is 7.86. The number of nitrogens with one attached hydrogen (secondary N) is 1. The van der Waals surface area contributed by atoms with Crippen molar-refractivity contribution in [2.45, 2.75) is 45.0 Å². The Morgan fingerprint density at radius 3 is 2.02 bits per heavy atom. The first-order chi connectivity index (χ1) is 22.2. The molecule has 0 aromatic heterocycles. The van der Waals surface area contributed by atoms with Gasteiger partial charge in [-0.15, -0.1) is 0 Å². The lowest BCUT2D eigenvalue weighted by molar-refractivity contribution is -0.0441. The van der Waals surface area contributed by atoms with Crippen molar-refractivity contribution in [3.63, 3.8) is 0 Å².